The number of hydrogen-bond donors (Lipinski definition) is 0. The Morgan fingerprint density at radius 2 is 0.763 bits per heavy atom. The van der Waals surface area contributed by atoms with Crippen molar-refractivity contribution in [3.8, 4) is 0 Å². The molecule has 0 spiro atoms. The summed E-state index contributed by atoms with van der Waals surface area (Å²) in [7, 11) is 0. The zero-order valence-electron chi connectivity index (χ0n) is 25.3. The second-order valence-electron chi connectivity index (χ2n) is 14.3. The fourth-order valence-corrected chi connectivity index (χ4v) is 10.0. The predicted molar refractivity (Wildman–Crippen MR) is 156 cm³/mol. The minimum Gasteiger partial charge on any atom is -0.299 e. The quantitative estimate of drug-likeness (QED) is 0.285. The molecule has 3 nitrogen and oxygen atoms in total. The molecule has 4 fully saturated rings. The Hall–Kier alpha value is -0.990. The summed E-state index contributed by atoms with van der Waals surface area (Å²) in [5.74, 6) is 3.73. The van der Waals surface area contributed by atoms with Crippen molar-refractivity contribution >= 4 is 17.3 Å². The first-order chi connectivity index (χ1) is 18.3. The third-order valence-corrected chi connectivity index (χ3v) is 12.6. The third kappa shape index (κ3) is 5.88. The van der Waals surface area contributed by atoms with E-state index >= 15 is 4.79 Å². The van der Waals surface area contributed by atoms with Crippen molar-refractivity contribution in [2.75, 3.05) is 0 Å². The molecule has 4 aliphatic carbocycles. The van der Waals surface area contributed by atoms with Gasteiger partial charge in [-0.25, -0.2) is 0 Å². The Balaban J connectivity index is 1.65. The molecule has 4 saturated carbocycles. The lowest BCUT2D eigenvalue weighted by molar-refractivity contribution is -0.158. The average Bonchev–Trinajstić information content (AvgIpc) is 3.00. The van der Waals surface area contributed by atoms with Gasteiger partial charge in [-0.2, -0.15) is 0 Å². The van der Waals surface area contributed by atoms with Gasteiger partial charge in [0.15, 0.2) is 0 Å². The van der Waals surface area contributed by atoms with Gasteiger partial charge in [-0.3, -0.25) is 14.4 Å². The number of Topliss-reactive ketones (excluding diaryl/α,β-unsaturated/α-hetero) is 3. The van der Waals surface area contributed by atoms with E-state index in [1.165, 1.54) is 64.2 Å². The second kappa shape index (κ2) is 13.1. The molecular formula is C35H58O3. The van der Waals surface area contributed by atoms with Gasteiger partial charge in [-0.15, -0.1) is 0 Å². The Labute approximate surface area is 234 Å². The monoisotopic (exact) mass is 526 g/mol. The summed E-state index contributed by atoms with van der Waals surface area (Å²) in [5, 5.41) is 0. The lowest BCUT2D eigenvalue weighted by Gasteiger charge is -2.55. The highest BCUT2D eigenvalue weighted by Gasteiger charge is 2.58. The minimum absolute atomic E-state index is 0.220. The summed E-state index contributed by atoms with van der Waals surface area (Å²) in [6.45, 7) is 8.82. The lowest BCUT2D eigenvalue weighted by Crippen LogP contribution is -2.56. The van der Waals surface area contributed by atoms with Crippen LogP contribution in [-0.4, -0.2) is 17.3 Å². The van der Waals surface area contributed by atoms with E-state index in [1.54, 1.807) is 0 Å². The van der Waals surface area contributed by atoms with Crippen LogP contribution >= 0.6 is 0 Å². The standard InChI is InChI=1S/C35H58O3/c1-5-31(36)25-17-21-29(22-18-25)34(3,27-13-9-7-10-14-27)33(38)35(4,28-15-11-8-12-16-28)30-23-19-26(20-24-30)32(37)6-2/h25-30H,5-24H2,1-4H3. The Bertz CT molecular complexity index is 737. The van der Waals surface area contributed by atoms with Crippen molar-refractivity contribution < 1.29 is 14.4 Å². The molecule has 0 aliphatic heterocycles. The van der Waals surface area contributed by atoms with E-state index in [0.717, 1.165) is 51.4 Å². The largest absolute Gasteiger partial charge is 0.299 e. The van der Waals surface area contributed by atoms with E-state index in [-0.39, 0.29) is 22.7 Å². The molecular weight excluding hydrogens is 468 g/mol. The number of ketones is 3. The molecule has 0 heterocycles. The van der Waals surface area contributed by atoms with E-state index < -0.39 is 0 Å². The van der Waals surface area contributed by atoms with E-state index in [9.17, 15) is 9.59 Å². The van der Waals surface area contributed by atoms with Gasteiger partial charge in [0.2, 0.25) is 0 Å². The zero-order valence-corrected chi connectivity index (χ0v) is 25.3. The highest BCUT2D eigenvalue weighted by atomic mass is 16.1. The van der Waals surface area contributed by atoms with Crippen LogP contribution in [0.2, 0.25) is 0 Å². The van der Waals surface area contributed by atoms with Gasteiger partial charge in [-0.1, -0.05) is 66.2 Å². The molecule has 216 valence electrons. The van der Waals surface area contributed by atoms with Gasteiger partial charge in [0.05, 0.1) is 0 Å². The SMILES string of the molecule is CCC(=O)C1CCC(C(C)(C(=O)C(C)(C2CCCCC2)C2CCC(C(=O)CC)CC2)C2CCCCC2)CC1. The molecule has 3 heteroatoms. The van der Waals surface area contributed by atoms with Crippen molar-refractivity contribution in [3.63, 3.8) is 0 Å². The van der Waals surface area contributed by atoms with Crippen molar-refractivity contribution in [3.05, 3.63) is 0 Å². The zero-order chi connectivity index (χ0) is 27.3. The minimum atomic E-state index is -0.275. The number of hydrogen-bond acceptors (Lipinski definition) is 3. The summed E-state index contributed by atoms with van der Waals surface area (Å²) in [6, 6.07) is 0. The van der Waals surface area contributed by atoms with Crippen LogP contribution in [0.1, 0.15) is 156 Å². The van der Waals surface area contributed by atoms with Crippen LogP contribution in [-0.2, 0) is 14.4 Å². The van der Waals surface area contributed by atoms with Gasteiger partial charge in [-0.05, 0) is 101 Å². The third-order valence-electron chi connectivity index (χ3n) is 12.6. The van der Waals surface area contributed by atoms with Crippen molar-refractivity contribution in [1.82, 2.24) is 0 Å². The Kier molecular flexibility index (Phi) is 10.3. The summed E-state index contributed by atoms with van der Waals surface area (Å²) in [4.78, 5) is 40.6. The molecule has 0 amide bonds. The molecule has 38 heavy (non-hydrogen) atoms. The van der Waals surface area contributed by atoms with Crippen LogP contribution in [0.4, 0.5) is 0 Å². The molecule has 0 radical (unpaired) electrons. The maximum atomic E-state index is 15.5. The first-order valence-electron chi connectivity index (χ1n) is 16.9. The van der Waals surface area contributed by atoms with Crippen LogP contribution in [0, 0.1) is 46.3 Å². The highest BCUT2D eigenvalue weighted by Crippen LogP contribution is 2.59. The van der Waals surface area contributed by atoms with Crippen LogP contribution in [0.5, 0.6) is 0 Å². The molecule has 0 saturated heterocycles. The first-order valence-corrected chi connectivity index (χ1v) is 16.9. The van der Waals surface area contributed by atoms with E-state index in [0.29, 0.717) is 53.9 Å². The average molecular weight is 527 g/mol. The smallest absolute Gasteiger partial charge is 0.145 e. The van der Waals surface area contributed by atoms with Crippen molar-refractivity contribution in [1.29, 1.82) is 0 Å². The normalized spacial score (nSPS) is 33.2. The fourth-order valence-electron chi connectivity index (χ4n) is 10.0. The summed E-state index contributed by atoms with van der Waals surface area (Å²) < 4.78 is 0. The molecule has 4 aliphatic rings. The van der Waals surface area contributed by atoms with E-state index in [1.807, 2.05) is 13.8 Å². The first kappa shape index (κ1) is 30.0. The maximum absolute atomic E-state index is 15.5. The Morgan fingerprint density at radius 3 is 1.05 bits per heavy atom. The van der Waals surface area contributed by atoms with Gasteiger partial charge >= 0.3 is 0 Å². The number of carbonyl (C=O) groups excluding carboxylic acids is 3. The van der Waals surface area contributed by atoms with Gasteiger partial charge in [0.1, 0.15) is 17.3 Å². The predicted octanol–water partition coefficient (Wildman–Crippen LogP) is 9.30. The molecule has 0 aromatic heterocycles. The summed E-state index contributed by atoms with van der Waals surface area (Å²) in [6.07, 6.45) is 21.9. The summed E-state index contributed by atoms with van der Waals surface area (Å²) >= 11 is 0. The van der Waals surface area contributed by atoms with Gasteiger partial charge < -0.3 is 0 Å². The van der Waals surface area contributed by atoms with Crippen molar-refractivity contribution in [2.24, 2.45) is 46.3 Å². The van der Waals surface area contributed by atoms with E-state index in [2.05, 4.69) is 13.8 Å². The number of carbonyl (C=O) groups is 3. The molecule has 0 bridgehead atoms. The Morgan fingerprint density at radius 1 is 0.474 bits per heavy atom. The molecule has 4 rings (SSSR count). The molecule has 0 N–H and O–H groups in total. The highest BCUT2D eigenvalue weighted by molar-refractivity contribution is 5.91. The summed E-state index contributed by atoms with van der Waals surface area (Å²) in [5.41, 5.74) is -0.550. The van der Waals surface area contributed by atoms with Crippen LogP contribution in [0.25, 0.3) is 0 Å². The number of rotatable bonds is 10. The molecule has 0 aromatic rings. The van der Waals surface area contributed by atoms with Crippen LogP contribution in [0.3, 0.4) is 0 Å². The van der Waals surface area contributed by atoms with Gasteiger partial charge in [0, 0.05) is 35.5 Å². The molecule has 2 atom stereocenters. The maximum Gasteiger partial charge on any atom is 0.145 e. The second-order valence-corrected chi connectivity index (χ2v) is 14.3. The lowest BCUT2D eigenvalue weighted by atomic mass is 9.47. The van der Waals surface area contributed by atoms with Crippen molar-refractivity contribution in [2.45, 2.75) is 156 Å². The van der Waals surface area contributed by atoms with Crippen LogP contribution < -0.4 is 0 Å². The van der Waals surface area contributed by atoms with Gasteiger partial charge in [0.25, 0.3) is 0 Å². The van der Waals surface area contributed by atoms with E-state index in [4.69, 9.17) is 0 Å². The molecule has 2 unspecified atom stereocenters. The van der Waals surface area contributed by atoms with Crippen LogP contribution in [0.15, 0.2) is 0 Å². The topological polar surface area (TPSA) is 51.2 Å². The fraction of sp³-hybridized carbons (Fsp3) is 0.914. The molecule has 0 aromatic carbocycles.